The molecule has 0 radical (unpaired) electrons. The van der Waals surface area contributed by atoms with E-state index in [1.807, 2.05) is 0 Å². The molecule has 72 valence electrons. The summed E-state index contributed by atoms with van der Waals surface area (Å²) >= 11 is 0. The first-order chi connectivity index (χ1) is 5.52. The maximum atomic E-state index is 9.45. The zero-order valence-electron chi connectivity index (χ0n) is 6.29. The Morgan fingerprint density at radius 2 is 2.08 bits per heavy atom. The van der Waals surface area contributed by atoms with Crippen molar-refractivity contribution in [2.24, 2.45) is 0 Å². The van der Waals surface area contributed by atoms with Gasteiger partial charge < -0.3 is 30.3 Å². The third kappa shape index (κ3) is 1.33. The van der Waals surface area contributed by atoms with E-state index in [4.69, 9.17) is 20.4 Å². The van der Waals surface area contributed by atoms with Crippen molar-refractivity contribution < 1.29 is 30.3 Å². The number of hydrogen-bond donors (Lipinski definition) is 5. The third-order valence-electron chi connectivity index (χ3n) is 2.02. The quantitative estimate of drug-likeness (QED) is 0.306. The highest BCUT2D eigenvalue weighted by molar-refractivity contribution is 4.98. The molecular formula is C6H12O6. The summed E-state index contributed by atoms with van der Waals surface area (Å²) in [5, 5.41) is 45.0. The van der Waals surface area contributed by atoms with Gasteiger partial charge in [0, 0.05) is 0 Å². The van der Waals surface area contributed by atoms with Crippen molar-refractivity contribution in [1.82, 2.24) is 0 Å². The summed E-state index contributed by atoms with van der Waals surface area (Å²) in [6.45, 7) is -1.11. The summed E-state index contributed by atoms with van der Waals surface area (Å²) < 4.78 is 4.49. The van der Waals surface area contributed by atoms with Crippen LogP contribution in [0, 0.1) is 0 Å². The largest absolute Gasteiger partial charge is 0.394 e. The molecule has 0 saturated carbocycles. The Morgan fingerprint density at radius 3 is 2.42 bits per heavy atom. The van der Waals surface area contributed by atoms with Crippen LogP contribution in [0.3, 0.4) is 0 Å². The molecular weight excluding hydrogens is 168 g/mol. The molecule has 0 unspecified atom stereocenters. The fourth-order valence-corrected chi connectivity index (χ4v) is 1.09. The Balaban J connectivity index is 2.71. The van der Waals surface area contributed by atoms with Gasteiger partial charge in [-0.05, 0) is 0 Å². The molecule has 1 aliphatic heterocycles. The summed E-state index contributed by atoms with van der Waals surface area (Å²) in [6.07, 6.45) is -4.64. The molecule has 6 nitrogen and oxygen atoms in total. The molecule has 0 amide bonds. The molecule has 1 saturated heterocycles. The van der Waals surface area contributed by atoms with E-state index in [0.717, 1.165) is 0 Å². The van der Waals surface area contributed by atoms with Crippen LogP contribution in [-0.4, -0.2) is 62.8 Å². The molecule has 1 heterocycles. The zero-order valence-corrected chi connectivity index (χ0v) is 6.29. The van der Waals surface area contributed by atoms with E-state index < -0.39 is 37.3 Å². The summed E-state index contributed by atoms with van der Waals surface area (Å²) in [7, 11) is 0. The Kier molecular flexibility index (Phi) is 2.67. The highest BCUT2D eigenvalue weighted by Gasteiger charge is 2.52. The number of hydrogen-bond acceptors (Lipinski definition) is 6. The standard InChI is InChI=1S/C6H12O6/c7-1-3(8)6(11)2-12-5(10)4(6)9/h3-5,7-11H,1-2H2/t3-,4+,5+,6+/m1/s1. The van der Waals surface area contributed by atoms with Gasteiger partial charge >= 0.3 is 0 Å². The highest BCUT2D eigenvalue weighted by atomic mass is 16.6. The normalized spacial score (nSPS) is 44.8. The summed E-state index contributed by atoms with van der Waals surface area (Å²) in [5.74, 6) is 0. The predicted octanol–water partition coefficient (Wildman–Crippen LogP) is -3.22. The van der Waals surface area contributed by atoms with Crippen LogP contribution in [0.15, 0.2) is 0 Å². The van der Waals surface area contributed by atoms with E-state index in [-0.39, 0.29) is 0 Å². The molecule has 1 rings (SSSR count). The van der Waals surface area contributed by atoms with E-state index in [0.29, 0.717) is 0 Å². The lowest BCUT2D eigenvalue weighted by Gasteiger charge is -2.28. The second kappa shape index (κ2) is 3.25. The monoisotopic (exact) mass is 180 g/mol. The smallest absolute Gasteiger partial charge is 0.184 e. The average Bonchev–Trinajstić information content (AvgIpc) is 2.33. The molecule has 5 N–H and O–H groups in total. The Hall–Kier alpha value is -0.240. The molecule has 0 spiro atoms. The first kappa shape index (κ1) is 9.85. The summed E-state index contributed by atoms with van der Waals surface area (Å²) in [5.41, 5.74) is -1.98. The van der Waals surface area contributed by atoms with Crippen LogP contribution in [0.2, 0.25) is 0 Å². The van der Waals surface area contributed by atoms with Crippen LogP contribution in [0.25, 0.3) is 0 Å². The van der Waals surface area contributed by atoms with Gasteiger partial charge in [-0.25, -0.2) is 0 Å². The molecule has 0 bridgehead atoms. The van der Waals surface area contributed by atoms with Gasteiger partial charge in [0.25, 0.3) is 0 Å². The topological polar surface area (TPSA) is 110 Å². The molecule has 1 aliphatic rings. The van der Waals surface area contributed by atoms with Crippen molar-refractivity contribution in [3.63, 3.8) is 0 Å². The molecule has 0 aromatic carbocycles. The lowest BCUT2D eigenvalue weighted by Crippen LogP contribution is -2.54. The van der Waals surface area contributed by atoms with E-state index in [1.165, 1.54) is 0 Å². The second-order valence-electron chi connectivity index (χ2n) is 2.84. The van der Waals surface area contributed by atoms with Crippen molar-refractivity contribution in [2.45, 2.75) is 24.1 Å². The highest BCUT2D eigenvalue weighted by Crippen LogP contribution is 2.26. The molecule has 4 atom stereocenters. The first-order valence-corrected chi connectivity index (χ1v) is 3.51. The lowest BCUT2D eigenvalue weighted by atomic mass is 9.93. The SMILES string of the molecule is OC[C@@H](O)[C@@]1(O)CO[C@H](O)[C@@H]1O. The number of rotatable bonds is 2. The predicted molar refractivity (Wildman–Crippen MR) is 36.0 cm³/mol. The van der Waals surface area contributed by atoms with Crippen molar-refractivity contribution >= 4 is 0 Å². The fourth-order valence-electron chi connectivity index (χ4n) is 1.09. The van der Waals surface area contributed by atoms with Crippen LogP contribution in [0.5, 0.6) is 0 Å². The molecule has 0 aliphatic carbocycles. The minimum atomic E-state index is -1.98. The van der Waals surface area contributed by atoms with E-state index in [2.05, 4.69) is 4.74 Å². The fraction of sp³-hybridized carbons (Fsp3) is 1.00. The average molecular weight is 180 g/mol. The number of ether oxygens (including phenoxy) is 1. The summed E-state index contributed by atoms with van der Waals surface area (Å²) in [6, 6.07) is 0. The van der Waals surface area contributed by atoms with E-state index in [9.17, 15) is 5.11 Å². The van der Waals surface area contributed by atoms with Gasteiger partial charge in [-0.3, -0.25) is 0 Å². The zero-order chi connectivity index (χ0) is 9.35. The Morgan fingerprint density at radius 1 is 1.50 bits per heavy atom. The van der Waals surface area contributed by atoms with Gasteiger partial charge in [0.2, 0.25) is 0 Å². The van der Waals surface area contributed by atoms with E-state index >= 15 is 0 Å². The van der Waals surface area contributed by atoms with Crippen LogP contribution in [0.4, 0.5) is 0 Å². The second-order valence-corrected chi connectivity index (χ2v) is 2.84. The van der Waals surface area contributed by atoms with Crippen molar-refractivity contribution in [3.05, 3.63) is 0 Å². The van der Waals surface area contributed by atoms with Crippen molar-refractivity contribution in [1.29, 1.82) is 0 Å². The maximum absolute atomic E-state index is 9.45. The van der Waals surface area contributed by atoms with Crippen LogP contribution >= 0.6 is 0 Å². The van der Waals surface area contributed by atoms with Gasteiger partial charge in [0.1, 0.15) is 17.8 Å². The number of aliphatic hydroxyl groups is 5. The van der Waals surface area contributed by atoms with Crippen molar-refractivity contribution in [2.75, 3.05) is 13.2 Å². The minimum absolute atomic E-state index is 0.406. The molecule has 0 aromatic rings. The van der Waals surface area contributed by atoms with Gasteiger partial charge in [0.15, 0.2) is 6.29 Å². The molecule has 6 heteroatoms. The van der Waals surface area contributed by atoms with Gasteiger partial charge in [-0.1, -0.05) is 0 Å². The molecule has 1 fully saturated rings. The van der Waals surface area contributed by atoms with Crippen LogP contribution < -0.4 is 0 Å². The Bertz CT molecular complexity index is 162. The van der Waals surface area contributed by atoms with Crippen LogP contribution in [-0.2, 0) is 4.74 Å². The van der Waals surface area contributed by atoms with Gasteiger partial charge in [-0.15, -0.1) is 0 Å². The van der Waals surface area contributed by atoms with Crippen molar-refractivity contribution in [3.8, 4) is 0 Å². The third-order valence-corrected chi connectivity index (χ3v) is 2.02. The number of aliphatic hydroxyl groups excluding tert-OH is 4. The molecule has 12 heavy (non-hydrogen) atoms. The summed E-state index contributed by atoms with van der Waals surface area (Å²) in [4.78, 5) is 0. The first-order valence-electron chi connectivity index (χ1n) is 3.51. The minimum Gasteiger partial charge on any atom is -0.394 e. The van der Waals surface area contributed by atoms with Crippen LogP contribution in [0.1, 0.15) is 0 Å². The maximum Gasteiger partial charge on any atom is 0.184 e. The van der Waals surface area contributed by atoms with Gasteiger partial charge in [0.05, 0.1) is 13.2 Å². The van der Waals surface area contributed by atoms with Gasteiger partial charge in [-0.2, -0.15) is 0 Å². The van der Waals surface area contributed by atoms with E-state index in [1.54, 1.807) is 0 Å². The Labute approximate surface area is 68.6 Å². The lowest BCUT2D eigenvalue weighted by molar-refractivity contribution is -0.155. The molecule has 0 aromatic heterocycles.